The molecule has 0 radical (unpaired) electrons. The van der Waals surface area contributed by atoms with Crippen LogP contribution in [0.25, 0.3) is 0 Å². The average Bonchev–Trinajstić information content (AvgIpc) is 3.40. The van der Waals surface area contributed by atoms with Crippen molar-refractivity contribution in [2.24, 2.45) is 0 Å². The Balaban J connectivity index is 1.37. The van der Waals surface area contributed by atoms with Crippen LogP contribution in [0.1, 0.15) is 22.3 Å². The molecule has 0 unspecified atom stereocenters. The third-order valence-corrected chi connectivity index (χ3v) is 4.19. The van der Waals surface area contributed by atoms with Crippen molar-refractivity contribution in [1.82, 2.24) is 0 Å². The van der Waals surface area contributed by atoms with E-state index >= 15 is 0 Å². The lowest BCUT2D eigenvalue weighted by atomic mass is 10.0. The van der Waals surface area contributed by atoms with Gasteiger partial charge in [0.2, 0.25) is 0 Å². The predicted octanol–water partition coefficient (Wildman–Crippen LogP) is 3.16. The van der Waals surface area contributed by atoms with E-state index in [2.05, 4.69) is 48.5 Å². The van der Waals surface area contributed by atoms with Crippen LogP contribution in [0.15, 0.2) is 48.5 Å². The Hall–Kier alpha value is -1.64. The first-order valence-corrected chi connectivity index (χ1v) is 7.74. The van der Waals surface area contributed by atoms with Gasteiger partial charge in [0.25, 0.3) is 0 Å². The maximum absolute atomic E-state index is 5.27. The number of benzene rings is 2. The van der Waals surface area contributed by atoms with E-state index < -0.39 is 0 Å². The molecule has 2 aliphatic rings. The first-order chi connectivity index (χ1) is 10.3. The normalized spacial score (nSPS) is 23.0. The van der Waals surface area contributed by atoms with E-state index in [0.29, 0.717) is 12.2 Å². The second-order valence-electron chi connectivity index (χ2n) is 6.13. The molecule has 0 spiro atoms. The highest BCUT2D eigenvalue weighted by Gasteiger charge is 2.22. The minimum atomic E-state index is 0.471. The van der Waals surface area contributed by atoms with Crippen molar-refractivity contribution in [3.05, 3.63) is 70.8 Å². The highest BCUT2D eigenvalue weighted by Crippen LogP contribution is 2.19. The number of epoxide rings is 2. The van der Waals surface area contributed by atoms with E-state index in [1.807, 2.05) is 0 Å². The van der Waals surface area contributed by atoms with Crippen molar-refractivity contribution in [3.63, 3.8) is 0 Å². The van der Waals surface area contributed by atoms with Crippen LogP contribution >= 0.6 is 0 Å². The molecule has 2 heterocycles. The Morgan fingerprint density at radius 2 is 0.952 bits per heavy atom. The average molecular weight is 280 g/mol. The molecule has 0 saturated carbocycles. The first kappa shape index (κ1) is 13.1. The Morgan fingerprint density at radius 1 is 0.619 bits per heavy atom. The van der Waals surface area contributed by atoms with Gasteiger partial charge in [-0.05, 0) is 28.7 Å². The molecular weight excluding hydrogens is 260 g/mol. The summed E-state index contributed by atoms with van der Waals surface area (Å²) in [6.45, 7) is 1.86. The lowest BCUT2D eigenvalue weighted by molar-refractivity contribution is 0.407. The molecule has 2 fully saturated rings. The van der Waals surface area contributed by atoms with Gasteiger partial charge in [0.15, 0.2) is 0 Å². The third kappa shape index (κ3) is 3.72. The second-order valence-corrected chi connectivity index (χ2v) is 6.13. The highest BCUT2D eigenvalue weighted by atomic mass is 16.6. The van der Waals surface area contributed by atoms with Gasteiger partial charge < -0.3 is 9.47 Å². The number of rotatable bonds is 6. The monoisotopic (exact) mass is 280 g/mol. The molecule has 108 valence electrons. The molecule has 2 nitrogen and oxygen atoms in total. The molecule has 0 aromatic heterocycles. The first-order valence-electron chi connectivity index (χ1n) is 7.74. The van der Waals surface area contributed by atoms with Gasteiger partial charge in [-0.1, -0.05) is 48.5 Å². The fourth-order valence-corrected chi connectivity index (χ4v) is 2.72. The Bertz CT molecular complexity index is 537. The van der Waals surface area contributed by atoms with Crippen LogP contribution < -0.4 is 0 Å². The quantitative estimate of drug-likeness (QED) is 0.759. The summed E-state index contributed by atoms with van der Waals surface area (Å²) in [6, 6.07) is 17.9. The van der Waals surface area contributed by atoms with Crippen molar-refractivity contribution in [2.75, 3.05) is 13.2 Å². The molecule has 2 aromatic rings. The van der Waals surface area contributed by atoms with Gasteiger partial charge >= 0.3 is 0 Å². The van der Waals surface area contributed by atoms with Crippen LogP contribution in [0.2, 0.25) is 0 Å². The molecule has 0 amide bonds. The lowest BCUT2D eigenvalue weighted by Crippen LogP contribution is -1.95. The lowest BCUT2D eigenvalue weighted by Gasteiger charge is -2.05. The van der Waals surface area contributed by atoms with Gasteiger partial charge in [-0.15, -0.1) is 0 Å². The number of hydrogen-bond donors (Lipinski definition) is 0. The highest BCUT2D eigenvalue weighted by molar-refractivity contribution is 5.31. The molecule has 21 heavy (non-hydrogen) atoms. The van der Waals surface area contributed by atoms with Crippen LogP contribution in [-0.4, -0.2) is 25.4 Å². The molecule has 0 N–H and O–H groups in total. The van der Waals surface area contributed by atoms with Gasteiger partial charge in [-0.25, -0.2) is 0 Å². The van der Waals surface area contributed by atoms with Crippen molar-refractivity contribution >= 4 is 0 Å². The molecular formula is C19H20O2. The zero-order valence-electron chi connectivity index (χ0n) is 12.1. The summed E-state index contributed by atoms with van der Waals surface area (Å²) in [4.78, 5) is 0. The SMILES string of the molecule is c1cc(C[C@H]2CO2)ccc1Cc1ccc(C[C@H]2CO2)cc1. The zero-order chi connectivity index (χ0) is 14.1. The molecule has 0 aliphatic carbocycles. The van der Waals surface area contributed by atoms with Gasteiger partial charge in [0.1, 0.15) is 0 Å². The van der Waals surface area contributed by atoms with E-state index in [9.17, 15) is 0 Å². The van der Waals surface area contributed by atoms with E-state index in [0.717, 1.165) is 32.5 Å². The summed E-state index contributed by atoms with van der Waals surface area (Å²) < 4.78 is 10.5. The maximum Gasteiger partial charge on any atom is 0.0850 e. The van der Waals surface area contributed by atoms with E-state index in [1.54, 1.807) is 0 Å². The van der Waals surface area contributed by atoms with Crippen LogP contribution in [-0.2, 0) is 28.7 Å². The molecule has 2 atom stereocenters. The summed E-state index contributed by atoms with van der Waals surface area (Å²) in [5, 5.41) is 0. The minimum Gasteiger partial charge on any atom is -0.373 e. The fraction of sp³-hybridized carbons (Fsp3) is 0.368. The Morgan fingerprint density at radius 3 is 1.29 bits per heavy atom. The maximum atomic E-state index is 5.27. The van der Waals surface area contributed by atoms with Gasteiger partial charge in [0, 0.05) is 12.8 Å². The Kier molecular flexibility index (Phi) is 3.50. The summed E-state index contributed by atoms with van der Waals surface area (Å²) >= 11 is 0. The van der Waals surface area contributed by atoms with Crippen LogP contribution in [0.4, 0.5) is 0 Å². The van der Waals surface area contributed by atoms with Gasteiger partial charge in [-0.3, -0.25) is 0 Å². The molecule has 2 aliphatic heterocycles. The summed E-state index contributed by atoms with van der Waals surface area (Å²) in [6.07, 6.45) is 4.05. The Labute approximate surface area is 125 Å². The van der Waals surface area contributed by atoms with Gasteiger partial charge in [-0.2, -0.15) is 0 Å². The fourth-order valence-electron chi connectivity index (χ4n) is 2.72. The molecule has 2 aromatic carbocycles. The van der Waals surface area contributed by atoms with E-state index in [4.69, 9.17) is 9.47 Å². The second kappa shape index (κ2) is 5.63. The summed E-state index contributed by atoms with van der Waals surface area (Å²) in [5.74, 6) is 0. The topological polar surface area (TPSA) is 25.1 Å². The molecule has 2 saturated heterocycles. The number of hydrogen-bond acceptors (Lipinski definition) is 2. The van der Waals surface area contributed by atoms with Crippen molar-refractivity contribution in [2.45, 2.75) is 31.5 Å². The van der Waals surface area contributed by atoms with E-state index in [-0.39, 0.29) is 0 Å². The largest absolute Gasteiger partial charge is 0.373 e. The summed E-state index contributed by atoms with van der Waals surface area (Å²) in [5.41, 5.74) is 5.49. The van der Waals surface area contributed by atoms with E-state index in [1.165, 1.54) is 22.3 Å². The molecule has 0 bridgehead atoms. The zero-order valence-corrected chi connectivity index (χ0v) is 12.1. The van der Waals surface area contributed by atoms with Crippen molar-refractivity contribution in [3.8, 4) is 0 Å². The van der Waals surface area contributed by atoms with Gasteiger partial charge in [0.05, 0.1) is 25.4 Å². The van der Waals surface area contributed by atoms with Crippen LogP contribution in [0.3, 0.4) is 0 Å². The minimum absolute atomic E-state index is 0.471. The number of ether oxygens (including phenoxy) is 2. The molecule has 4 rings (SSSR count). The van der Waals surface area contributed by atoms with Crippen LogP contribution in [0.5, 0.6) is 0 Å². The standard InChI is InChI=1S/C19H20O2/c1-5-16(10-18-12-20-18)6-2-14(1)9-15-3-7-17(8-4-15)11-19-13-21-19/h1-8,18-19H,9-13H2/t18-,19-/m0/s1. The van der Waals surface area contributed by atoms with Crippen molar-refractivity contribution in [1.29, 1.82) is 0 Å². The molecule has 2 heteroatoms. The predicted molar refractivity (Wildman–Crippen MR) is 82.6 cm³/mol. The third-order valence-electron chi connectivity index (χ3n) is 4.19. The summed E-state index contributed by atoms with van der Waals surface area (Å²) in [7, 11) is 0. The van der Waals surface area contributed by atoms with Crippen LogP contribution in [0, 0.1) is 0 Å². The smallest absolute Gasteiger partial charge is 0.0850 e. The van der Waals surface area contributed by atoms with Crippen molar-refractivity contribution < 1.29 is 9.47 Å².